The second kappa shape index (κ2) is 5.62. The highest BCUT2D eigenvalue weighted by atomic mass is 19.3. The van der Waals surface area contributed by atoms with Crippen molar-refractivity contribution in [3.8, 4) is 0 Å². The number of piperidine rings is 1. The Bertz CT molecular complexity index is 267. The molecule has 100 valence electrons. The van der Waals surface area contributed by atoms with E-state index in [0.717, 1.165) is 0 Å². The molecule has 0 saturated carbocycles. The van der Waals surface area contributed by atoms with Gasteiger partial charge in [0.15, 0.2) is 0 Å². The van der Waals surface area contributed by atoms with Crippen LogP contribution in [0.3, 0.4) is 0 Å². The predicted octanol–water partition coefficient (Wildman–Crippen LogP) is 1.75. The molecular weight excluding hydrogens is 230 g/mol. The highest BCUT2D eigenvalue weighted by molar-refractivity contribution is 5.68. The molecule has 0 unspecified atom stereocenters. The topological polar surface area (TPSA) is 50.4 Å². The van der Waals surface area contributed by atoms with Crippen LogP contribution in [0.25, 0.3) is 0 Å². The van der Waals surface area contributed by atoms with E-state index in [2.05, 4.69) is 10.6 Å². The van der Waals surface area contributed by atoms with Gasteiger partial charge in [0.2, 0.25) is 6.43 Å². The van der Waals surface area contributed by atoms with E-state index in [-0.39, 0.29) is 12.5 Å². The van der Waals surface area contributed by atoms with E-state index in [9.17, 15) is 13.6 Å². The van der Waals surface area contributed by atoms with Gasteiger partial charge in [0, 0.05) is 25.0 Å². The maximum Gasteiger partial charge on any atom is 0.407 e. The van der Waals surface area contributed by atoms with Gasteiger partial charge in [-0.2, -0.15) is 0 Å². The lowest BCUT2D eigenvalue weighted by Gasteiger charge is -2.30. The molecule has 6 heteroatoms. The van der Waals surface area contributed by atoms with Crippen molar-refractivity contribution in [1.29, 1.82) is 0 Å². The zero-order valence-electron chi connectivity index (χ0n) is 10.4. The van der Waals surface area contributed by atoms with Gasteiger partial charge < -0.3 is 15.4 Å². The molecule has 1 rings (SSSR count). The fourth-order valence-electron chi connectivity index (χ4n) is 1.75. The molecule has 1 amide bonds. The number of carbonyl (C=O) groups excluding carboxylic acids is 1. The quantitative estimate of drug-likeness (QED) is 0.785. The van der Waals surface area contributed by atoms with Crippen LogP contribution in [0.1, 0.15) is 27.2 Å². The van der Waals surface area contributed by atoms with Crippen molar-refractivity contribution in [3.05, 3.63) is 0 Å². The Morgan fingerprint density at radius 3 is 2.59 bits per heavy atom. The molecule has 4 nitrogen and oxygen atoms in total. The third kappa shape index (κ3) is 5.30. The molecule has 0 aliphatic carbocycles. The number of hydrogen-bond acceptors (Lipinski definition) is 3. The first-order valence-corrected chi connectivity index (χ1v) is 5.76. The van der Waals surface area contributed by atoms with Crippen molar-refractivity contribution < 1.29 is 18.3 Å². The summed E-state index contributed by atoms with van der Waals surface area (Å²) in [6, 6.07) is -0.294. The molecule has 1 aliphatic rings. The highest BCUT2D eigenvalue weighted by Gasteiger charge is 2.29. The van der Waals surface area contributed by atoms with E-state index in [4.69, 9.17) is 4.74 Å². The monoisotopic (exact) mass is 250 g/mol. The summed E-state index contributed by atoms with van der Waals surface area (Å²) in [6.45, 7) is 6.07. The maximum absolute atomic E-state index is 12.5. The Balaban J connectivity index is 2.38. The number of halogens is 2. The Hall–Kier alpha value is -0.910. The standard InChI is InChI=1S/C11H20F2N2O2/c1-11(2,3)17-10(16)15-8-4-7(9(12)13)5-14-6-8/h7-9,14H,4-6H2,1-3H3,(H,15,16)/t7-,8-/m1/s1. The van der Waals surface area contributed by atoms with Gasteiger partial charge in [0.1, 0.15) is 5.60 Å². The van der Waals surface area contributed by atoms with E-state index in [1.54, 1.807) is 20.8 Å². The smallest absolute Gasteiger partial charge is 0.407 e. The number of alkyl carbamates (subject to hydrolysis) is 1. The number of ether oxygens (including phenoxy) is 1. The zero-order chi connectivity index (χ0) is 13.1. The van der Waals surface area contributed by atoms with Gasteiger partial charge in [-0.15, -0.1) is 0 Å². The third-order valence-corrected chi connectivity index (χ3v) is 2.46. The van der Waals surface area contributed by atoms with Gasteiger partial charge in [-0.1, -0.05) is 0 Å². The van der Waals surface area contributed by atoms with Crippen LogP contribution in [-0.2, 0) is 4.74 Å². The van der Waals surface area contributed by atoms with Crippen LogP contribution in [0.15, 0.2) is 0 Å². The first-order chi connectivity index (χ1) is 7.78. The molecule has 1 heterocycles. The molecule has 1 aliphatic heterocycles. The molecule has 0 radical (unpaired) electrons. The number of alkyl halides is 2. The summed E-state index contributed by atoms with van der Waals surface area (Å²) < 4.78 is 30.1. The fraction of sp³-hybridized carbons (Fsp3) is 0.909. The maximum atomic E-state index is 12.5. The largest absolute Gasteiger partial charge is 0.444 e. The molecule has 1 fully saturated rings. The first kappa shape index (κ1) is 14.2. The van der Waals surface area contributed by atoms with E-state index in [0.29, 0.717) is 13.1 Å². The minimum atomic E-state index is -2.36. The van der Waals surface area contributed by atoms with Crippen LogP contribution in [0.5, 0.6) is 0 Å². The second-order valence-electron chi connectivity index (χ2n) is 5.33. The first-order valence-electron chi connectivity index (χ1n) is 5.76. The molecule has 1 saturated heterocycles. The normalized spacial score (nSPS) is 25.8. The Morgan fingerprint density at radius 2 is 2.06 bits per heavy atom. The molecule has 0 aromatic carbocycles. The Kier molecular flexibility index (Phi) is 4.68. The zero-order valence-corrected chi connectivity index (χ0v) is 10.4. The van der Waals surface area contributed by atoms with Crippen LogP contribution in [0.2, 0.25) is 0 Å². The lowest BCUT2D eigenvalue weighted by Crippen LogP contribution is -2.51. The highest BCUT2D eigenvalue weighted by Crippen LogP contribution is 2.18. The van der Waals surface area contributed by atoms with Crippen LogP contribution < -0.4 is 10.6 Å². The number of carbonyl (C=O) groups is 1. The third-order valence-electron chi connectivity index (χ3n) is 2.46. The summed E-state index contributed by atoms with van der Waals surface area (Å²) in [5, 5.41) is 5.49. The van der Waals surface area contributed by atoms with Gasteiger partial charge in [-0.3, -0.25) is 0 Å². The molecular formula is C11H20F2N2O2. The summed E-state index contributed by atoms with van der Waals surface area (Å²) in [7, 11) is 0. The minimum Gasteiger partial charge on any atom is -0.444 e. The van der Waals surface area contributed by atoms with Gasteiger partial charge in [0.05, 0.1) is 0 Å². The Labute approximate surface area is 100 Å². The van der Waals surface area contributed by atoms with Gasteiger partial charge in [0.25, 0.3) is 0 Å². The van der Waals surface area contributed by atoms with Crippen LogP contribution in [0.4, 0.5) is 13.6 Å². The lowest BCUT2D eigenvalue weighted by molar-refractivity contribution is 0.0378. The van der Waals surface area contributed by atoms with E-state index in [1.165, 1.54) is 0 Å². The number of nitrogens with one attached hydrogen (secondary N) is 2. The van der Waals surface area contributed by atoms with Crippen molar-refractivity contribution in [1.82, 2.24) is 10.6 Å². The molecule has 2 atom stereocenters. The molecule has 0 aromatic heterocycles. The minimum absolute atomic E-state index is 0.282. The van der Waals surface area contributed by atoms with E-state index < -0.39 is 24.0 Å². The van der Waals surface area contributed by atoms with E-state index in [1.807, 2.05) is 0 Å². The Morgan fingerprint density at radius 1 is 1.41 bits per heavy atom. The summed E-state index contributed by atoms with van der Waals surface area (Å²) in [5.41, 5.74) is -0.575. The number of hydrogen-bond donors (Lipinski definition) is 2. The molecule has 2 N–H and O–H groups in total. The number of rotatable bonds is 2. The molecule has 0 bridgehead atoms. The molecule has 0 aromatic rings. The summed E-state index contributed by atoms with van der Waals surface area (Å²) in [5.74, 6) is -0.705. The van der Waals surface area contributed by atoms with Crippen molar-refractivity contribution in [2.24, 2.45) is 5.92 Å². The molecule has 17 heavy (non-hydrogen) atoms. The van der Waals surface area contributed by atoms with Crippen molar-refractivity contribution in [3.63, 3.8) is 0 Å². The van der Waals surface area contributed by atoms with Crippen molar-refractivity contribution in [2.75, 3.05) is 13.1 Å². The summed E-state index contributed by atoms with van der Waals surface area (Å²) in [6.07, 6.45) is -2.63. The number of amides is 1. The summed E-state index contributed by atoms with van der Waals surface area (Å²) in [4.78, 5) is 11.5. The van der Waals surface area contributed by atoms with Crippen molar-refractivity contribution >= 4 is 6.09 Å². The SMILES string of the molecule is CC(C)(C)OC(=O)N[C@H]1CNC[C@H](C(F)F)C1. The van der Waals surface area contributed by atoms with Crippen molar-refractivity contribution in [2.45, 2.75) is 45.3 Å². The summed E-state index contributed by atoms with van der Waals surface area (Å²) >= 11 is 0. The fourth-order valence-corrected chi connectivity index (χ4v) is 1.75. The van der Waals surface area contributed by atoms with Crippen LogP contribution in [0, 0.1) is 5.92 Å². The average Bonchev–Trinajstić information content (AvgIpc) is 2.14. The van der Waals surface area contributed by atoms with Crippen LogP contribution >= 0.6 is 0 Å². The average molecular weight is 250 g/mol. The van der Waals surface area contributed by atoms with Crippen LogP contribution in [-0.4, -0.2) is 37.3 Å². The second-order valence-corrected chi connectivity index (χ2v) is 5.33. The predicted molar refractivity (Wildman–Crippen MR) is 60.1 cm³/mol. The van der Waals surface area contributed by atoms with E-state index >= 15 is 0 Å². The lowest BCUT2D eigenvalue weighted by atomic mass is 9.96. The van der Waals surface area contributed by atoms with Gasteiger partial charge >= 0.3 is 6.09 Å². The molecule has 0 spiro atoms. The van der Waals surface area contributed by atoms with Gasteiger partial charge in [-0.25, -0.2) is 13.6 Å². The van der Waals surface area contributed by atoms with Gasteiger partial charge in [-0.05, 0) is 27.2 Å².